The molecule has 1 fully saturated rings. The van der Waals surface area contributed by atoms with Crippen molar-refractivity contribution < 1.29 is 9.21 Å². The van der Waals surface area contributed by atoms with Gasteiger partial charge in [0.05, 0.1) is 22.5 Å². The summed E-state index contributed by atoms with van der Waals surface area (Å²) in [4.78, 5) is 39.2. The number of carbonyl (C=O) groups excluding carboxylic acids is 1. The number of aromatic amines is 1. The van der Waals surface area contributed by atoms with Gasteiger partial charge < -0.3 is 9.40 Å². The summed E-state index contributed by atoms with van der Waals surface area (Å²) in [5.74, 6) is 0.372. The standard InChI is InChI=1S/C27H21BrN4O3S2/c1-17-12-23(33)31-26(30-17)37-25-21(28)13-20(35-25)14-22-24(34)32(16-19-10-6-3-7-11-19)27(36-22)29-15-18-8-4-2-5-9-18/h2-14H,15-16H2,1H3,(H,30,31,33)/b22-14+,29-27?. The van der Waals surface area contributed by atoms with Gasteiger partial charge in [-0.15, -0.1) is 0 Å². The Kier molecular flexibility index (Phi) is 7.78. The summed E-state index contributed by atoms with van der Waals surface area (Å²) in [6.45, 7) is 2.66. The maximum atomic E-state index is 13.4. The van der Waals surface area contributed by atoms with Crippen LogP contribution in [0.1, 0.15) is 22.6 Å². The van der Waals surface area contributed by atoms with Crippen molar-refractivity contribution >= 4 is 56.6 Å². The predicted octanol–water partition coefficient (Wildman–Crippen LogP) is 6.26. The van der Waals surface area contributed by atoms with Crippen LogP contribution in [0.2, 0.25) is 0 Å². The SMILES string of the molecule is Cc1cc(=O)[nH]c(Sc2oc(/C=C3/SC(=NCc4ccccc4)N(Cc4ccccc4)C3=O)cc2Br)n1. The number of nitrogens with zero attached hydrogens (tertiary/aromatic N) is 3. The molecule has 2 aromatic carbocycles. The highest BCUT2D eigenvalue weighted by Crippen LogP contribution is 2.38. The molecule has 0 unspecified atom stereocenters. The number of halogens is 1. The van der Waals surface area contributed by atoms with E-state index in [-0.39, 0.29) is 11.5 Å². The van der Waals surface area contributed by atoms with E-state index < -0.39 is 0 Å². The smallest absolute Gasteiger partial charge is 0.267 e. The van der Waals surface area contributed by atoms with Crippen molar-refractivity contribution in [2.24, 2.45) is 4.99 Å². The molecule has 10 heteroatoms. The lowest BCUT2D eigenvalue weighted by atomic mass is 10.2. The predicted molar refractivity (Wildman–Crippen MR) is 150 cm³/mol. The largest absolute Gasteiger partial charge is 0.449 e. The molecule has 0 aliphatic carbocycles. The topological polar surface area (TPSA) is 91.6 Å². The molecule has 0 spiro atoms. The molecule has 1 aliphatic rings. The number of rotatable bonds is 7. The number of aryl methyl sites for hydroxylation is 1. The van der Waals surface area contributed by atoms with Gasteiger partial charge >= 0.3 is 0 Å². The van der Waals surface area contributed by atoms with E-state index in [0.717, 1.165) is 11.1 Å². The number of H-pyrrole nitrogens is 1. The van der Waals surface area contributed by atoms with Crippen LogP contribution in [0.15, 0.2) is 107 Å². The molecule has 0 radical (unpaired) electrons. The maximum Gasteiger partial charge on any atom is 0.267 e. The summed E-state index contributed by atoms with van der Waals surface area (Å²) >= 11 is 6.03. The average Bonchev–Trinajstić information content (AvgIpc) is 3.37. The number of furan rings is 1. The Labute approximate surface area is 230 Å². The molecule has 186 valence electrons. The van der Waals surface area contributed by atoms with Crippen LogP contribution in [-0.2, 0) is 17.9 Å². The van der Waals surface area contributed by atoms with Crippen molar-refractivity contribution in [3.63, 3.8) is 0 Å². The molecule has 1 aliphatic heterocycles. The Bertz CT molecular complexity index is 1550. The van der Waals surface area contributed by atoms with Crippen molar-refractivity contribution in [3.05, 3.63) is 115 Å². The molecule has 2 aromatic heterocycles. The maximum absolute atomic E-state index is 13.4. The number of carbonyl (C=O) groups is 1. The van der Waals surface area contributed by atoms with E-state index in [1.165, 1.54) is 29.6 Å². The first-order valence-corrected chi connectivity index (χ1v) is 13.8. The Morgan fingerprint density at radius 1 is 1.08 bits per heavy atom. The van der Waals surface area contributed by atoms with Gasteiger partial charge in [0.25, 0.3) is 11.5 Å². The van der Waals surface area contributed by atoms with E-state index in [1.54, 1.807) is 24.0 Å². The zero-order chi connectivity index (χ0) is 25.8. The third-order valence-corrected chi connectivity index (χ3v) is 8.07. The highest BCUT2D eigenvalue weighted by molar-refractivity contribution is 9.10. The average molecular weight is 594 g/mol. The summed E-state index contributed by atoms with van der Waals surface area (Å²) in [5.41, 5.74) is 2.47. The lowest BCUT2D eigenvalue weighted by molar-refractivity contribution is -0.122. The van der Waals surface area contributed by atoms with Crippen LogP contribution in [0.4, 0.5) is 0 Å². The van der Waals surface area contributed by atoms with E-state index in [1.807, 2.05) is 60.7 Å². The summed E-state index contributed by atoms with van der Waals surface area (Å²) in [7, 11) is 0. The van der Waals surface area contributed by atoms with Crippen LogP contribution in [0.3, 0.4) is 0 Å². The minimum Gasteiger partial charge on any atom is -0.449 e. The number of thioether (sulfide) groups is 1. The second-order valence-electron chi connectivity index (χ2n) is 8.15. The number of hydrogen-bond donors (Lipinski definition) is 1. The van der Waals surface area contributed by atoms with Gasteiger partial charge in [-0.3, -0.25) is 19.5 Å². The molecule has 0 saturated carbocycles. The third kappa shape index (κ3) is 6.33. The van der Waals surface area contributed by atoms with Gasteiger partial charge in [-0.2, -0.15) is 0 Å². The van der Waals surface area contributed by atoms with E-state index in [0.29, 0.717) is 49.3 Å². The molecule has 1 saturated heterocycles. The van der Waals surface area contributed by atoms with Crippen LogP contribution in [-0.4, -0.2) is 25.9 Å². The molecular weight excluding hydrogens is 572 g/mol. The number of amides is 1. The molecule has 5 rings (SSSR count). The number of nitrogens with one attached hydrogen (secondary N) is 1. The van der Waals surface area contributed by atoms with Crippen LogP contribution >= 0.6 is 39.5 Å². The van der Waals surface area contributed by atoms with Crippen LogP contribution in [0.25, 0.3) is 6.08 Å². The molecule has 0 bridgehead atoms. The first-order chi connectivity index (χ1) is 17.9. The molecule has 1 N–H and O–H groups in total. The van der Waals surface area contributed by atoms with Gasteiger partial charge in [0.1, 0.15) is 5.76 Å². The number of hydrogen-bond acceptors (Lipinski definition) is 7. The lowest BCUT2D eigenvalue weighted by Crippen LogP contribution is -2.28. The summed E-state index contributed by atoms with van der Waals surface area (Å²) in [5, 5.41) is 1.59. The van der Waals surface area contributed by atoms with Crippen molar-refractivity contribution in [1.29, 1.82) is 0 Å². The van der Waals surface area contributed by atoms with Crippen LogP contribution < -0.4 is 5.56 Å². The van der Waals surface area contributed by atoms with E-state index in [4.69, 9.17) is 9.41 Å². The third-order valence-electron chi connectivity index (χ3n) is 5.30. The highest BCUT2D eigenvalue weighted by Gasteiger charge is 2.33. The number of benzene rings is 2. The quantitative estimate of drug-likeness (QED) is 0.201. The number of aliphatic imine (C=N–C) groups is 1. The first-order valence-electron chi connectivity index (χ1n) is 11.3. The molecule has 4 aromatic rings. The zero-order valence-corrected chi connectivity index (χ0v) is 22.9. The van der Waals surface area contributed by atoms with Gasteiger partial charge in [0.15, 0.2) is 15.4 Å². The van der Waals surface area contributed by atoms with Crippen molar-refractivity contribution in [3.8, 4) is 0 Å². The second kappa shape index (κ2) is 11.4. The van der Waals surface area contributed by atoms with Crippen molar-refractivity contribution in [2.75, 3.05) is 0 Å². The molecule has 0 atom stereocenters. The molecule has 7 nitrogen and oxygen atoms in total. The minimum atomic E-state index is -0.228. The normalized spacial score (nSPS) is 15.7. The van der Waals surface area contributed by atoms with Crippen molar-refractivity contribution in [1.82, 2.24) is 14.9 Å². The Hall–Kier alpha value is -3.34. The summed E-state index contributed by atoms with van der Waals surface area (Å²) in [6, 6.07) is 23.0. The Morgan fingerprint density at radius 3 is 2.49 bits per heavy atom. The molecular formula is C27H21BrN4O3S2. The fourth-order valence-corrected chi connectivity index (χ4v) is 5.92. The summed E-state index contributed by atoms with van der Waals surface area (Å²) < 4.78 is 6.68. The fraction of sp³-hybridized carbons (Fsp3) is 0.111. The van der Waals surface area contributed by atoms with E-state index >= 15 is 0 Å². The van der Waals surface area contributed by atoms with E-state index in [2.05, 4.69) is 25.9 Å². The first kappa shape index (κ1) is 25.3. The molecule has 37 heavy (non-hydrogen) atoms. The number of amidine groups is 1. The highest BCUT2D eigenvalue weighted by atomic mass is 79.9. The number of aromatic nitrogens is 2. The minimum absolute atomic E-state index is 0.132. The van der Waals surface area contributed by atoms with E-state index in [9.17, 15) is 9.59 Å². The molecule has 1 amide bonds. The summed E-state index contributed by atoms with van der Waals surface area (Å²) in [6.07, 6.45) is 1.72. The molecule has 3 heterocycles. The van der Waals surface area contributed by atoms with Crippen molar-refractivity contribution in [2.45, 2.75) is 30.3 Å². The van der Waals surface area contributed by atoms with Gasteiger partial charge in [-0.25, -0.2) is 4.98 Å². The Balaban J connectivity index is 1.41. The second-order valence-corrected chi connectivity index (χ2v) is 11.0. The Morgan fingerprint density at radius 2 is 1.78 bits per heavy atom. The van der Waals surface area contributed by atoms with Gasteiger partial charge in [-0.1, -0.05) is 60.7 Å². The fourth-order valence-electron chi connectivity index (χ4n) is 3.60. The van der Waals surface area contributed by atoms with Crippen LogP contribution in [0.5, 0.6) is 0 Å². The van der Waals surface area contributed by atoms with Gasteiger partial charge in [0, 0.05) is 17.8 Å². The lowest BCUT2D eigenvalue weighted by Gasteiger charge is -2.15. The van der Waals surface area contributed by atoms with Gasteiger partial charge in [-0.05, 0) is 63.6 Å². The van der Waals surface area contributed by atoms with Crippen LogP contribution in [0, 0.1) is 6.92 Å². The monoisotopic (exact) mass is 592 g/mol. The zero-order valence-electron chi connectivity index (χ0n) is 19.7. The van der Waals surface area contributed by atoms with Gasteiger partial charge in [0.2, 0.25) is 0 Å².